The van der Waals surface area contributed by atoms with E-state index in [1.54, 1.807) is 0 Å². The Hall–Kier alpha value is -2.11. The minimum Gasteiger partial charge on any atom is -0.487 e. The van der Waals surface area contributed by atoms with Crippen molar-refractivity contribution in [2.45, 2.75) is 96.8 Å². The van der Waals surface area contributed by atoms with E-state index in [1.165, 1.54) is 95.9 Å². The number of benzene rings is 1. The molecule has 0 aliphatic carbocycles. The molecule has 6 heteroatoms. The Morgan fingerprint density at radius 3 is 1.83 bits per heavy atom. The van der Waals surface area contributed by atoms with Crippen LogP contribution in [0.3, 0.4) is 0 Å². The number of unbranched alkanes of at least 4 members (excludes halogenated alkanes) is 13. The smallest absolute Gasteiger partial charge is 0.337 e. The lowest BCUT2D eigenvalue weighted by Gasteiger charge is -2.08. The number of hydrogen-bond acceptors (Lipinski definition) is 5. The molecule has 0 heterocycles. The van der Waals surface area contributed by atoms with E-state index in [2.05, 4.69) is 11.7 Å². The SMILES string of the molecule is CCCCCCCCCCCCCCCCOc1cc(C(=O)OC)ccc1[N+](=O)[O-]. The largest absolute Gasteiger partial charge is 0.487 e. The van der Waals surface area contributed by atoms with Crippen molar-refractivity contribution in [3.05, 3.63) is 33.9 Å². The summed E-state index contributed by atoms with van der Waals surface area (Å²) in [5.74, 6) is -0.413. The van der Waals surface area contributed by atoms with Gasteiger partial charge in [-0.05, 0) is 12.5 Å². The number of nitro benzene ring substituents is 1. The van der Waals surface area contributed by atoms with Crippen LogP contribution in [0.1, 0.15) is 107 Å². The Morgan fingerprint density at radius 1 is 0.867 bits per heavy atom. The Bertz CT molecular complexity index is 618. The second-order valence-electron chi connectivity index (χ2n) is 7.88. The summed E-state index contributed by atoms with van der Waals surface area (Å²) in [4.78, 5) is 22.3. The summed E-state index contributed by atoms with van der Waals surface area (Å²) in [7, 11) is 1.28. The Balaban J connectivity index is 2.10. The molecule has 0 N–H and O–H groups in total. The summed E-state index contributed by atoms with van der Waals surface area (Å²) >= 11 is 0. The molecule has 0 spiro atoms. The molecule has 1 aromatic rings. The van der Waals surface area contributed by atoms with Gasteiger partial charge >= 0.3 is 11.7 Å². The van der Waals surface area contributed by atoms with Crippen molar-refractivity contribution in [3.8, 4) is 5.75 Å². The van der Waals surface area contributed by atoms with Gasteiger partial charge in [-0.15, -0.1) is 0 Å². The standard InChI is InChI=1S/C24H39NO5/c1-3-4-5-6-7-8-9-10-11-12-13-14-15-16-19-30-23-20-21(24(26)29-2)17-18-22(23)25(27)28/h17-18,20H,3-16,19H2,1-2H3. The van der Waals surface area contributed by atoms with E-state index >= 15 is 0 Å². The van der Waals surface area contributed by atoms with Gasteiger partial charge in [0, 0.05) is 12.1 Å². The molecule has 0 radical (unpaired) electrons. The van der Waals surface area contributed by atoms with E-state index < -0.39 is 10.9 Å². The van der Waals surface area contributed by atoms with Gasteiger partial charge in [0.2, 0.25) is 0 Å². The van der Waals surface area contributed by atoms with E-state index in [1.807, 2.05) is 0 Å². The molecule has 0 aliphatic rings. The minimum atomic E-state index is -0.536. The summed E-state index contributed by atoms with van der Waals surface area (Å²) in [5, 5.41) is 11.1. The topological polar surface area (TPSA) is 78.7 Å². The van der Waals surface area contributed by atoms with Crippen LogP contribution >= 0.6 is 0 Å². The number of esters is 1. The molecule has 0 aliphatic heterocycles. The van der Waals surface area contributed by atoms with E-state index in [9.17, 15) is 14.9 Å². The van der Waals surface area contributed by atoms with Crippen LogP contribution < -0.4 is 4.74 Å². The normalized spacial score (nSPS) is 10.7. The van der Waals surface area contributed by atoms with Crippen LogP contribution in [0.5, 0.6) is 5.75 Å². The van der Waals surface area contributed by atoms with Gasteiger partial charge in [-0.2, -0.15) is 0 Å². The molecule has 0 saturated heterocycles. The summed E-state index contributed by atoms with van der Waals surface area (Å²) in [6, 6.07) is 4.05. The molecule has 6 nitrogen and oxygen atoms in total. The first-order chi connectivity index (χ1) is 14.6. The number of rotatable bonds is 18. The predicted molar refractivity (Wildman–Crippen MR) is 120 cm³/mol. The molecule has 0 unspecified atom stereocenters. The van der Waals surface area contributed by atoms with E-state index in [0.717, 1.165) is 19.3 Å². The lowest BCUT2D eigenvalue weighted by Crippen LogP contribution is -2.05. The van der Waals surface area contributed by atoms with Gasteiger partial charge in [-0.3, -0.25) is 10.1 Å². The first-order valence-corrected chi connectivity index (χ1v) is 11.6. The number of ether oxygens (including phenoxy) is 2. The molecule has 0 atom stereocenters. The molecule has 1 aromatic carbocycles. The first kappa shape index (κ1) is 25.9. The van der Waals surface area contributed by atoms with Crippen LogP contribution in [-0.4, -0.2) is 24.6 Å². The zero-order valence-corrected chi connectivity index (χ0v) is 18.8. The molecular weight excluding hydrogens is 382 g/mol. The van der Waals surface area contributed by atoms with E-state index in [4.69, 9.17) is 4.74 Å². The second-order valence-corrected chi connectivity index (χ2v) is 7.88. The minimum absolute atomic E-state index is 0.123. The Morgan fingerprint density at radius 2 is 1.37 bits per heavy atom. The zero-order chi connectivity index (χ0) is 22.0. The molecule has 0 bridgehead atoms. The molecule has 30 heavy (non-hydrogen) atoms. The average Bonchev–Trinajstić information content (AvgIpc) is 2.75. The maximum absolute atomic E-state index is 11.6. The van der Waals surface area contributed by atoms with Crippen LogP contribution in [-0.2, 0) is 4.74 Å². The number of carbonyl (C=O) groups excluding carboxylic acids is 1. The van der Waals surface area contributed by atoms with Crippen molar-refractivity contribution in [1.82, 2.24) is 0 Å². The Kier molecular flexibility index (Phi) is 14.4. The van der Waals surface area contributed by atoms with Crippen LogP contribution in [0.25, 0.3) is 0 Å². The number of nitrogens with zero attached hydrogens (tertiary/aromatic N) is 1. The van der Waals surface area contributed by atoms with Crippen LogP contribution in [0.15, 0.2) is 18.2 Å². The number of hydrogen-bond donors (Lipinski definition) is 0. The fraction of sp³-hybridized carbons (Fsp3) is 0.708. The lowest BCUT2D eigenvalue weighted by molar-refractivity contribution is -0.385. The molecule has 1 rings (SSSR count). The number of nitro groups is 1. The van der Waals surface area contributed by atoms with Crippen molar-refractivity contribution >= 4 is 11.7 Å². The van der Waals surface area contributed by atoms with Gasteiger partial charge in [-0.1, -0.05) is 90.4 Å². The van der Waals surface area contributed by atoms with E-state index in [-0.39, 0.29) is 17.0 Å². The van der Waals surface area contributed by atoms with Gasteiger partial charge in [0.25, 0.3) is 0 Å². The predicted octanol–water partition coefficient (Wildman–Crippen LogP) is 7.24. The monoisotopic (exact) mass is 421 g/mol. The third-order valence-corrected chi connectivity index (χ3v) is 5.33. The fourth-order valence-electron chi connectivity index (χ4n) is 3.50. The van der Waals surface area contributed by atoms with Gasteiger partial charge in [0.1, 0.15) is 0 Å². The third kappa shape index (κ3) is 11.2. The summed E-state index contributed by atoms with van der Waals surface area (Å²) in [6.45, 7) is 2.66. The van der Waals surface area contributed by atoms with Crippen molar-refractivity contribution in [1.29, 1.82) is 0 Å². The van der Waals surface area contributed by atoms with Gasteiger partial charge in [0.05, 0.1) is 24.2 Å². The molecule has 0 aromatic heterocycles. The highest BCUT2D eigenvalue weighted by Crippen LogP contribution is 2.28. The van der Waals surface area contributed by atoms with Crippen molar-refractivity contribution < 1.29 is 19.2 Å². The maximum Gasteiger partial charge on any atom is 0.337 e. The van der Waals surface area contributed by atoms with Gasteiger partial charge < -0.3 is 9.47 Å². The summed E-state index contributed by atoms with van der Waals surface area (Å²) < 4.78 is 10.2. The zero-order valence-electron chi connectivity index (χ0n) is 18.8. The van der Waals surface area contributed by atoms with Crippen LogP contribution in [0.2, 0.25) is 0 Å². The Labute approximate surface area is 181 Å². The van der Waals surface area contributed by atoms with Gasteiger partial charge in [0.15, 0.2) is 5.75 Å². The molecule has 0 fully saturated rings. The molecular formula is C24H39NO5. The van der Waals surface area contributed by atoms with Crippen LogP contribution in [0.4, 0.5) is 5.69 Å². The van der Waals surface area contributed by atoms with Crippen LogP contribution in [0, 0.1) is 10.1 Å². The lowest BCUT2D eigenvalue weighted by atomic mass is 10.0. The molecule has 0 amide bonds. The van der Waals surface area contributed by atoms with Crippen molar-refractivity contribution in [3.63, 3.8) is 0 Å². The highest BCUT2D eigenvalue weighted by molar-refractivity contribution is 5.90. The summed E-state index contributed by atoms with van der Waals surface area (Å²) in [5.41, 5.74) is 0.118. The average molecular weight is 422 g/mol. The van der Waals surface area contributed by atoms with Gasteiger partial charge in [-0.25, -0.2) is 4.79 Å². The molecule has 170 valence electrons. The van der Waals surface area contributed by atoms with E-state index in [0.29, 0.717) is 6.61 Å². The second kappa shape index (κ2) is 16.7. The number of carbonyl (C=O) groups is 1. The highest BCUT2D eigenvalue weighted by atomic mass is 16.6. The summed E-state index contributed by atoms with van der Waals surface area (Å²) in [6.07, 6.45) is 17.8. The highest BCUT2D eigenvalue weighted by Gasteiger charge is 2.18. The number of methoxy groups -OCH3 is 1. The third-order valence-electron chi connectivity index (χ3n) is 5.33. The maximum atomic E-state index is 11.6. The fourth-order valence-corrected chi connectivity index (χ4v) is 3.50. The first-order valence-electron chi connectivity index (χ1n) is 11.6. The van der Waals surface area contributed by atoms with Crippen molar-refractivity contribution in [2.24, 2.45) is 0 Å². The molecule has 0 saturated carbocycles. The quantitative estimate of drug-likeness (QED) is 0.108. The van der Waals surface area contributed by atoms with Crippen molar-refractivity contribution in [2.75, 3.05) is 13.7 Å².